The van der Waals surface area contributed by atoms with Gasteiger partial charge in [-0.2, -0.15) is 0 Å². The summed E-state index contributed by atoms with van der Waals surface area (Å²) in [5.41, 5.74) is 2.16. The molecule has 0 aliphatic rings. The smallest absolute Gasteiger partial charge is 0.175 e. The Hall–Kier alpha value is -1.49. The summed E-state index contributed by atoms with van der Waals surface area (Å²) in [6.45, 7) is 4.07. The van der Waals surface area contributed by atoms with Gasteiger partial charge in [0, 0.05) is 23.7 Å². The standard InChI is InChI=1S/C10H12N4S/c1-3-7-6(2)10(15)14-9(13-7)8-11-4-5-12-8/h4-5H,3H2,1-2H3,(H,11,12)(H,13,14,15). The highest BCUT2D eigenvalue weighted by atomic mass is 32.1. The molecule has 0 bridgehead atoms. The second-order valence-electron chi connectivity index (χ2n) is 3.29. The summed E-state index contributed by atoms with van der Waals surface area (Å²) in [5.74, 6) is 1.42. The van der Waals surface area contributed by atoms with E-state index in [1.54, 1.807) is 12.4 Å². The average molecular weight is 220 g/mol. The molecule has 0 atom stereocenters. The maximum absolute atomic E-state index is 5.20. The monoisotopic (exact) mass is 220 g/mol. The first kappa shape index (κ1) is 10.0. The fourth-order valence-electron chi connectivity index (χ4n) is 1.44. The maximum atomic E-state index is 5.20. The van der Waals surface area contributed by atoms with E-state index in [0.717, 1.165) is 23.5 Å². The number of H-pyrrole nitrogens is 2. The molecule has 2 N–H and O–H groups in total. The lowest BCUT2D eigenvalue weighted by atomic mass is 10.2. The van der Waals surface area contributed by atoms with Crippen molar-refractivity contribution in [2.24, 2.45) is 0 Å². The number of aromatic nitrogens is 4. The molecule has 0 fully saturated rings. The van der Waals surface area contributed by atoms with Crippen LogP contribution in [0.15, 0.2) is 12.4 Å². The lowest BCUT2D eigenvalue weighted by molar-refractivity contribution is 0.959. The summed E-state index contributed by atoms with van der Waals surface area (Å²) in [6.07, 6.45) is 4.37. The predicted molar refractivity (Wildman–Crippen MR) is 61.1 cm³/mol. The fraction of sp³-hybridized carbons (Fsp3) is 0.300. The lowest BCUT2D eigenvalue weighted by Crippen LogP contribution is -2.00. The summed E-state index contributed by atoms with van der Waals surface area (Å²) >= 11 is 5.20. The minimum Gasteiger partial charge on any atom is -0.342 e. The molecule has 2 aromatic rings. The van der Waals surface area contributed by atoms with Crippen molar-refractivity contribution < 1.29 is 0 Å². The van der Waals surface area contributed by atoms with Crippen molar-refractivity contribution in [2.75, 3.05) is 0 Å². The number of hydrogen-bond donors (Lipinski definition) is 2. The normalized spacial score (nSPS) is 10.5. The number of aromatic amines is 2. The molecular formula is C10H12N4S. The second kappa shape index (κ2) is 3.94. The van der Waals surface area contributed by atoms with Gasteiger partial charge in [0.05, 0.1) is 0 Å². The Bertz CT molecular complexity index is 513. The van der Waals surface area contributed by atoms with Gasteiger partial charge >= 0.3 is 0 Å². The summed E-state index contributed by atoms with van der Waals surface area (Å²) in [5, 5.41) is 0. The highest BCUT2D eigenvalue weighted by Crippen LogP contribution is 2.13. The van der Waals surface area contributed by atoms with E-state index in [1.165, 1.54) is 0 Å². The third-order valence-corrected chi connectivity index (χ3v) is 2.73. The van der Waals surface area contributed by atoms with Crippen LogP contribution in [-0.2, 0) is 6.42 Å². The molecule has 0 saturated heterocycles. The van der Waals surface area contributed by atoms with Crippen molar-refractivity contribution in [3.05, 3.63) is 28.3 Å². The van der Waals surface area contributed by atoms with Gasteiger partial charge in [-0.15, -0.1) is 0 Å². The van der Waals surface area contributed by atoms with Crippen LogP contribution < -0.4 is 0 Å². The summed E-state index contributed by atoms with van der Waals surface area (Å²) in [4.78, 5) is 14.7. The number of imidazole rings is 1. The summed E-state index contributed by atoms with van der Waals surface area (Å²) in [7, 11) is 0. The Balaban J connectivity index is 2.61. The Morgan fingerprint density at radius 3 is 2.80 bits per heavy atom. The third kappa shape index (κ3) is 1.83. The van der Waals surface area contributed by atoms with Gasteiger partial charge in [0.15, 0.2) is 11.6 Å². The fourth-order valence-corrected chi connectivity index (χ4v) is 1.65. The number of rotatable bonds is 2. The van der Waals surface area contributed by atoms with Crippen LogP contribution in [0.3, 0.4) is 0 Å². The van der Waals surface area contributed by atoms with Gasteiger partial charge in [-0.1, -0.05) is 19.1 Å². The topological polar surface area (TPSA) is 57.4 Å². The van der Waals surface area contributed by atoms with Crippen LogP contribution in [0.2, 0.25) is 0 Å². The number of hydrogen-bond acceptors (Lipinski definition) is 3. The zero-order valence-corrected chi connectivity index (χ0v) is 9.48. The van der Waals surface area contributed by atoms with Crippen LogP contribution in [0.4, 0.5) is 0 Å². The van der Waals surface area contributed by atoms with Gasteiger partial charge in [-0.3, -0.25) is 0 Å². The first-order valence-electron chi connectivity index (χ1n) is 4.82. The van der Waals surface area contributed by atoms with Crippen molar-refractivity contribution in [3.63, 3.8) is 0 Å². The molecule has 2 aromatic heterocycles. The van der Waals surface area contributed by atoms with E-state index in [2.05, 4.69) is 26.9 Å². The molecule has 0 spiro atoms. The minimum absolute atomic E-state index is 0.636. The molecular weight excluding hydrogens is 208 g/mol. The van der Waals surface area contributed by atoms with Crippen molar-refractivity contribution in [1.29, 1.82) is 0 Å². The van der Waals surface area contributed by atoms with Gasteiger partial charge in [-0.25, -0.2) is 9.97 Å². The molecule has 0 aromatic carbocycles. The summed E-state index contributed by atoms with van der Waals surface area (Å²) in [6, 6.07) is 0. The Kier molecular flexibility index (Phi) is 2.64. The molecule has 15 heavy (non-hydrogen) atoms. The SMILES string of the molecule is CCc1[nH]c(-c2ncc[nH]2)nc(=S)c1C. The van der Waals surface area contributed by atoms with Crippen LogP contribution in [0, 0.1) is 11.6 Å². The van der Waals surface area contributed by atoms with E-state index in [-0.39, 0.29) is 0 Å². The van der Waals surface area contributed by atoms with Crippen LogP contribution in [0.5, 0.6) is 0 Å². The first-order chi connectivity index (χ1) is 7.22. The molecule has 0 aliphatic heterocycles. The number of nitrogens with one attached hydrogen (secondary N) is 2. The van der Waals surface area contributed by atoms with E-state index in [1.807, 2.05) is 6.92 Å². The summed E-state index contributed by atoms with van der Waals surface area (Å²) < 4.78 is 0.636. The molecule has 0 radical (unpaired) electrons. The molecule has 0 saturated carbocycles. The minimum atomic E-state index is 0.636. The average Bonchev–Trinajstić information content (AvgIpc) is 2.75. The van der Waals surface area contributed by atoms with Crippen LogP contribution >= 0.6 is 12.2 Å². The zero-order chi connectivity index (χ0) is 10.8. The Morgan fingerprint density at radius 2 is 2.20 bits per heavy atom. The van der Waals surface area contributed by atoms with E-state index in [9.17, 15) is 0 Å². The lowest BCUT2D eigenvalue weighted by Gasteiger charge is -2.05. The zero-order valence-electron chi connectivity index (χ0n) is 8.66. The quantitative estimate of drug-likeness (QED) is 0.764. The van der Waals surface area contributed by atoms with Crippen LogP contribution in [0.25, 0.3) is 11.6 Å². The van der Waals surface area contributed by atoms with Gasteiger partial charge in [0.1, 0.15) is 4.64 Å². The molecule has 0 unspecified atom stereocenters. The molecule has 5 heteroatoms. The first-order valence-corrected chi connectivity index (χ1v) is 5.22. The molecule has 2 heterocycles. The van der Waals surface area contributed by atoms with Crippen molar-refractivity contribution in [2.45, 2.75) is 20.3 Å². The van der Waals surface area contributed by atoms with Crippen molar-refractivity contribution in [1.82, 2.24) is 19.9 Å². The number of aryl methyl sites for hydroxylation is 1. The Morgan fingerprint density at radius 1 is 1.40 bits per heavy atom. The van der Waals surface area contributed by atoms with Gasteiger partial charge < -0.3 is 9.97 Å². The van der Waals surface area contributed by atoms with Crippen molar-refractivity contribution >= 4 is 12.2 Å². The highest BCUT2D eigenvalue weighted by molar-refractivity contribution is 7.71. The Labute approximate surface area is 92.8 Å². The van der Waals surface area contributed by atoms with Gasteiger partial charge in [0.25, 0.3) is 0 Å². The molecule has 0 amide bonds. The molecule has 0 aliphatic carbocycles. The third-order valence-electron chi connectivity index (χ3n) is 2.33. The van der Waals surface area contributed by atoms with Crippen LogP contribution in [-0.4, -0.2) is 19.9 Å². The van der Waals surface area contributed by atoms with Gasteiger partial charge in [-0.05, 0) is 13.3 Å². The maximum Gasteiger partial charge on any atom is 0.175 e. The van der Waals surface area contributed by atoms with E-state index in [4.69, 9.17) is 12.2 Å². The second-order valence-corrected chi connectivity index (χ2v) is 3.67. The largest absolute Gasteiger partial charge is 0.342 e. The molecule has 78 valence electrons. The van der Waals surface area contributed by atoms with E-state index < -0.39 is 0 Å². The molecule has 2 rings (SSSR count). The van der Waals surface area contributed by atoms with Crippen molar-refractivity contribution in [3.8, 4) is 11.6 Å². The van der Waals surface area contributed by atoms with Gasteiger partial charge in [0.2, 0.25) is 0 Å². The van der Waals surface area contributed by atoms with E-state index in [0.29, 0.717) is 10.5 Å². The number of nitrogens with zero attached hydrogens (tertiary/aromatic N) is 2. The van der Waals surface area contributed by atoms with E-state index >= 15 is 0 Å². The highest BCUT2D eigenvalue weighted by Gasteiger charge is 2.06. The van der Waals surface area contributed by atoms with Crippen LogP contribution in [0.1, 0.15) is 18.2 Å². The molecule has 4 nitrogen and oxygen atoms in total. The predicted octanol–water partition coefficient (Wildman–Crippen LogP) is 2.40.